The molecule has 2 rings (SSSR count). The minimum Gasteiger partial charge on any atom is -0.497 e. The standard InChI is InChI=1S/C17H21NO2.ClH/c1-12-5-4-6-13(2)17(12)20-11-16(18)14-7-9-15(19-3)10-8-14;/h4-10,16H,11,18H2,1-3H3;1H. The molecule has 0 saturated carbocycles. The maximum atomic E-state index is 6.17. The quantitative estimate of drug-likeness (QED) is 0.913. The van der Waals surface area contributed by atoms with E-state index in [1.54, 1.807) is 7.11 Å². The van der Waals surface area contributed by atoms with E-state index < -0.39 is 0 Å². The zero-order valence-electron chi connectivity index (χ0n) is 12.6. The van der Waals surface area contributed by atoms with Crippen LogP contribution in [0.1, 0.15) is 22.7 Å². The summed E-state index contributed by atoms with van der Waals surface area (Å²) in [6.45, 7) is 4.54. The second kappa shape index (κ2) is 7.91. The van der Waals surface area contributed by atoms with Crippen LogP contribution in [0, 0.1) is 13.8 Å². The summed E-state index contributed by atoms with van der Waals surface area (Å²) >= 11 is 0. The van der Waals surface area contributed by atoms with Crippen molar-refractivity contribution in [1.29, 1.82) is 0 Å². The first-order chi connectivity index (χ1) is 9.61. The van der Waals surface area contributed by atoms with Crippen LogP contribution in [-0.4, -0.2) is 13.7 Å². The van der Waals surface area contributed by atoms with Gasteiger partial charge in [0, 0.05) is 0 Å². The summed E-state index contributed by atoms with van der Waals surface area (Å²) in [5, 5.41) is 0. The van der Waals surface area contributed by atoms with Crippen LogP contribution >= 0.6 is 12.4 Å². The molecular weight excluding hydrogens is 286 g/mol. The lowest BCUT2D eigenvalue weighted by Crippen LogP contribution is -2.19. The van der Waals surface area contributed by atoms with Crippen molar-refractivity contribution in [3.8, 4) is 11.5 Å². The van der Waals surface area contributed by atoms with Gasteiger partial charge >= 0.3 is 0 Å². The number of benzene rings is 2. The molecule has 0 heterocycles. The molecular formula is C17H22ClNO2. The van der Waals surface area contributed by atoms with E-state index in [4.69, 9.17) is 15.2 Å². The average molecular weight is 308 g/mol. The van der Waals surface area contributed by atoms with Crippen molar-refractivity contribution in [2.75, 3.05) is 13.7 Å². The van der Waals surface area contributed by atoms with Crippen molar-refractivity contribution in [2.45, 2.75) is 19.9 Å². The fourth-order valence-corrected chi connectivity index (χ4v) is 2.15. The van der Waals surface area contributed by atoms with Gasteiger partial charge in [0.2, 0.25) is 0 Å². The Labute approximate surface area is 132 Å². The zero-order chi connectivity index (χ0) is 14.5. The Balaban J connectivity index is 0.00000220. The van der Waals surface area contributed by atoms with Gasteiger partial charge in [0.1, 0.15) is 18.1 Å². The average Bonchev–Trinajstić information content (AvgIpc) is 2.46. The molecule has 0 bridgehead atoms. The maximum absolute atomic E-state index is 6.17. The Morgan fingerprint density at radius 2 is 1.57 bits per heavy atom. The molecule has 3 nitrogen and oxygen atoms in total. The van der Waals surface area contributed by atoms with Gasteiger partial charge in [0.15, 0.2) is 0 Å². The van der Waals surface area contributed by atoms with E-state index in [1.165, 1.54) is 0 Å². The molecule has 0 saturated heterocycles. The Morgan fingerprint density at radius 1 is 1.00 bits per heavy atom. The van der Waals surface area contributed by atoms with Crippen LogP contribution in [-0.2, 0) is 0 Å². The SMILES string of the molecule is COc1ccc(C(N)COc2c(C)cccc2C)cc1.Cl. The summed E-state index contributed by atoms with van der Waals surface area (Å²) in [7, 11) is 1.65. The number of rotatable bonds is 5. The predicted octanol–water partition coefficient (Wildman–Crippen LogP) is 3.81. The Kier molecular flexibility index (Phi) is 6.53. The lowest BCUT2D eigenvalue weighted by Gasteiger charge is -2.16. The van der Waals surface area contributed by atoms with E-state index in [2.05, 4.69) is 0 Å². The second-order valence-electron chi connectivity index (χ2n) is 4.91. The smallest absolute Gasteiger partial charge is 0.125 e. The Hall–Kier alpha value is -1.71. The third kappa shape index (κ3) is 4.38. The third-order valence-electron chi connectivity index (χ3n) is 3.36. The molecule has 0 radical (unpaired) electrons. The van der Waals surface area contributed by atoms with Crippen LogP contribution in [0.3, 0.4) is 0 Å². The Morgan fingerprint density at radius 3 is 2.10 bits per heavy atom. The number of methoxy groups -OCH3 is 1. The molecule has 2 aromatic rings. The molecule has 0 aromatic heterocycles. The van der Waals surface area contributed by atoms with Gasteiger partial charge in [-0.1, -0.05) is 30.3 Å². The van der Waals surface area contributed by atoms with Crippen molar-refractivity contribution in [2.24, 2.45) is 5.73 Å². The molecule has 0 aliphatic heterocycles. The highest BCUT2D eigenvalue weighted by molar-refractivity contribution is 5.85. The number of hydrogen-bond acceptors (Lipinski definition) is 3. The van der Waals surface area contributed by atoms with Gasteiger partial charge in [0.25, 0.3) is 0 Å². The molecule has 0 spiro atoms. The molecule has 2 N–H and O–H groups in total. The molecule has 1 atom stereocenters. The minimum absolute atomic E-state index is 0. The number of nitrogens with two attached hydrogens (primary N) is 1. The molecule has 0 aliphatic carbocycles. The molecule has 0 fully saturated rings. The van der Waals surface area contributed by atoms with Gasteiger partial charge in [-0.05, 0) is 42.7 Å². The highest BCUT2D eigenvalue weighted by atomic mass is 35.5. The second-order valence-corrected chi connectivity index (χ2v) is 4.91. The molecule has 2 aromatic carbocycles. The van der Waals surface area contributed by atoms with Crippen molar-refractivity contribution >= 4 is 12.4 Å². The van der Waals surface area contributed by atoms with Crippen LogP contribution in [0.5, 0.6) is 11.5 Å². The molecule has 21 heavy (non-hydrogen) atoms. The first kappa shape index (κ1) is 17.3. The van der Waals surface area contributed by atoms with Crippen molar-refractivity contribution in [1.82, 2.24) is 0 Å². The number of halogens is 1. The molecule has 1 unspecified atom stereocenters. The first-order valence-corrected chi connectivity index (χ1v) is 6.70. The summed E-state index contributed by atoms with van der Waals surface area (Å²) in [4.78, 5) is 0. The van der Waals surface area contributed by atoms with Crippen molar-refractivity contribution in [3.05, 3.63) is 59.2 Å². The van der Waals surface area contributed by atoms with E-state index in [1.807, 2.05) is 56.3 Å². The van der Waals surface area contributed by atoms with Crippen LogP contribution < -0.4 is 15.2 Å². The molecule has 0 aliphatic rings. The summed E-state index contributed by atoms with van der Waals surface area (Å²) in [6.07, 6.45) is 0. The van der Waals surface area contributed by atoms with E-state index in [-0.39, 0.29) is 18.4 Å². The van der Waals surface area contributed by atoms with Gasteiger partial charge in [-0.3, -0.25) is 0 Å². The minimum atomic E-state index is -0.153. The van der Waals surface area contributed by atoms with E-state index in [0.717, 1.165) is 28.2 Å². The van der Waals surface area contributed by atoms with Gasteiger partial charge in [-0.15, -0.1) is 12.4 Å². The fourth-order valence-electron chi connectivity index (χ4n) is 2.15. The highest BCUT2D eigenvalue weighted by Crippen LogP contribution is 2.24. The van der Waals surface area contributed by atoms with Gasteiger partial charge in [0.05, 0.1) is 13.2 Å². The van der Waals surface area contributed by atoms with Gasteiger partial charge in [-0.2, -0.15) is 0 Å². The van der Waals surface area contributed by atoms with Gasteiger partial charge < -0.3 is 15.2 Å². The van der Waals surface area contributed by atoms with Crippen LogP contribution in [0.15, 0.2) is 42.5 Å². The number of ether oxygens (including phenoxy) is 2. The zero-order valence-corrected chi connectivity index (χ0v) is 13.4. The number of aryl methyl sites for hydroxylation is 2. The lowest BCUT2D eigenvalue weighted by atomic mass is 10.1. The van der Waals surface area contributed by atoms with Crippen molar-refractivity contribution in [3.63, 3.8) is 0 Å². The van der Waals surface area contributed by atoms with Crippen LogP contribution in [0.25, 0.3) is 0 Å². The Bertz CT molecular complexity index is 549. The van der Waals surface area contributed by atoms with E-state index in [0.29, 0.717) is 6.61 Å². The van der Waals surface area contributed by atoms with E-state index >= 15 is 0 Å². The summed E-state index contributed by atoms with van der Waals surface area (Å²) in [5.41, 5.74) is 9.47. The molecule has 0 amide bonds. The molecule has 4 heteroatoms. The fraction of sp³-hybridized carbons (Fsp3) is 0.294. The predicted molar refractivity (Wildman–Crippen MR) is 88.6 cm³/mol. The summed E-state index contributed by atoms with van der Waals surface area (Å²) in [6, 6.07) is 13.7. The maximum Gasteiger partial charge on any atom is 0.125 e. The van der Waals surface area contributed by atoms with Crippen LogP contribution in [0.4, 0.5) is 0 Å². The van der Waals surface area contributed by atoms with E-state index in [9.17, 15) is 0 Å². The molecule has 114 valence electrons. The lowest BCUT2D eigenvalue weighted by molar-refractivity contribution is 0.287. The monoisotopic (exact) mass is 307 g/mol. The van der Waals surface area contributed by atoms with Crippen LogP contribution in [0.2, 0.25) is 0 Å². The third-order valence-corrected chi connectivity index (χ3v) is 3.36. The summed E-state index contributed by atoms with van der Waals surface area (Å²) < 4.78 is 11.0. The first-order valence-electron chi connectivity index (χ1n) is 6.70. The normalized spacial score (nSPS) is 11.4. The topological polar surface area (TPSA) is 44.5 Å². The van der Waals surface area contributed by atoms with Crippen molar-refractivity contribution < 1.29 is 9.47 Å². The summed E-state index contributed by atoms with van der Waals surface area (Å²) in [5.74, 6) is 1.76. The number of hydrogen-bond donors (Lipinski definition) is 1. The number of para-hydroxylation sites is 1. The van der Waals surface area contributed by atoms with Gasteiger partial charge in [-0.25, -0.2) is 0 Å². The highest BCUT2D eigenvalue weighted by Gasteiger charge is 2.09. The largest absolute Gasteiger partial charge is 0.497 e.